The van der Waals surface area contributed by atoms with Gasteiger partial charge in [0, 0.05) is 18.2 Å². The normalized spacial score (nSPS) is 15.6. The molecule has 0 aliphatic heterocycles. The van der Waals surface area contributed by atoms with E-state index in [4.69, 9.17) is 0 Å². The molecule has 0 aromatic heterocycles. The number of rotatable bonds is 5. The van der Waals surface area contributed by atoms with Gasteiger partial charge in [0.15, 0.2) is 0 Å². The van der Waals surface area contributed by atoms with Gasteiger partial charge in [-0.25, -0.2) is 13.6 Å². The summed E-state index contributed by atoms with van der Waals surface area (Å²) in [5, 5.41) is 15.4. The number of hydrogen-bond acceptors (Lipinski definition) is 2. The van der Waals surface area contributed by atoms with E-state index in [0.717, 1.165) is 24.5 Å². The predicted octanol–water partition coefficient (Wildman–Crippen LogP) is 3.94. The van der Waals surface area contributed by atoms with E-state index in [2.05, 4.69) is 22.8 Å². The first-order valence-electron chi connectivity index (χ1n) is 9.23. The number of amides is 2. The molecule has 0 bridgehead atoms. The predicted molar refractivity (Wildman–Crippen MR) is 99.4 cm³/mol. The van der Waals surface area contributed by atoms with E-state index in [9.17, 15) is 18.7 Å². The fraction of sp³-hybridized carbons (Fsp3) is 0.381. The van der Waals surface area contributed by atoms with Gasteiger partial charge in [0.05, 0.1) is 12.1 Å². The van der Waals surface area contributed by atoms with E-state index in [1.54, 1.807) is 0 Å². The zero-order valence-electron chi connectivity index (χ0n) is 15.3. The summed E-state index contributed by atoms with van der Waals surface area (Å²) in [6.45, 7) is 1.71. The van der Waals surface area contributed by atoms with E-state index in [1.807, 2.05) is 13.0 Å². The van der Waals surface area contributed by atoms with Crippen LogP contribution in [-0.4, -0.2) is 17.7 Å². The third kappa shape index (κ3) is 4.83. The lowest BCUT2D eigenvalue weighted by Gasteiger charge is -2.20. The second-order valence-electron chi connectivity index (χ2n) is 6.99. The number of aliphatic hydroxyl groups excluding tert-OH is 1. The van der Waals surface area contributed by atoms with Crippen molar-refractivity contribution in [3.8, 4) is 0 Å². The molecular formula is C21H24F2N2O2. The minimum atomic E-state index is -1.25. The Morgan fingerprint density at radius 2 is 1.85 bits per heavy atom. The number of benzene rings is 2. The van der Waals surface area contributed by atoms with Crippen LogP contribution in [0.4, 0.5) is 13.6 Å². The molecule has 3 rings (SSSR count). The van der Waals surface area contributed by atoms with Crippen molar-refractivity contribution < 1.29 is 18.7 Å². The Hall–Kier alpha value is -2.47. The molecule has 0 fully saturated rings. The zero-order valence-corrected chi connectivity index (χ0v) is 15.3. The number of urea groups is 1. The Morgan fingerprint density at radius 1 is 1.11 bits per heavy atom. The van der Waals surface area contributed by atoms with Crippen molar-refractivity contribution in [3.05, 3.63) is 70.3 Å². The van der Waals surface area contributed by atoms with Gasteiger partial charge >= 0.3 is 6.03 Å². The highest BCUT2D eigenvalue weighted by atomic mass is 19.1. The van der Waals surface area contributed by atoms with Crippen LogP contribution in [0, 0.1) is 11.6 Å². The summed E-state index contributed by atoms with van der Waals surface area (Å²) in [6.07, 6.45) is 3.33. The molecule has 2 aromatic rings. The smallest absolute Gasteiger partial charge is 0.315 e. The van der Waals surface area contributed by atoms with Crippen LogP contribution in [0.3, 0.4) is 0 Å². The fourth-order valence-electron chi connectivity index (χ4n) is 3.42. The molecule has 27 heavy (non-hydrogen) atoms. The van der Waals surface area contributed by atoms with Crippen molar-refractivity contribution in [1.82, 2.24) is 10.6 Å². The number of aliphatic hydroxyl groups is 1. The van der Waals surface area contributed by atoms with Crippen molar-refractivity contribution in [2.24, 2.45) is 0 Å². The molecular weight excluding hydrogens is 350 g/mol. The highest BCUT2D eigenvalue weighted by molar-refractivity contribution is 5.74. The Kier molecular flexibility index (Phi) is 6.06. The second-order valence-corrected chi connectivity index (χ2v) is 6.99. The Bertz CT molecular complexity index is 826. The molecule has 0 spiro atoms. The molecule has 3 N–H and O–H groups in total. The third-order valence-electron chi connectivity index (χ3n) is 5.00. The third-order valence-corrected chi connectivity index (χ3v) is 5.00. The fourth-order valence-corrected chi connectivity index (χ4v) is 3.42. The van der Waals surface area contributed by atoms with Crippen molar-refractivity contribution in [3.63, 3.8) is 0 Å². The van der Waals surface area contributed by atoms with Crippen molar-refractivity contribution >= 4 is 6.03 Å². The van der Waals surface area contributed by atoms with E-state index in [-0.39, 0.29) is 18.2 Å². The first kappa shape index (κ1) is 19.3. The van der Waals surface area contributed by atoms with Gasteiger partial charge in [0.25, 0.3) is 0 Å². The molecule has 1 aliphatic rings. The maximum atomic E-state index is 13.7. The van der Waals surface area contributed by atoms with Crippen LogP contribution in [0.1, 0.15) is 54.2 Å². The molecule has 2 unspecified atom stereocenters. The van der Waals surface area contributed by atoms with Crippen LogP contribution >= 0.6 is 0 Å². The number of aryl methyl sites for hydroxylation is 2. The number of carbonyl (C=O) groups is 1. The maximum Gasteiger partial charge on any atom is 0.315 e. The van der Waals surface area contributed by atoms with Gasteiger partial charge in [0.1, 0.15) is 11.6 Å². The highest BCUT2D eigenvalue weighted by Crippen LogP contribution is 2.24. The summed E-state index contributed by atoms with van der Waals surface area (Å²) in [7, 11) is 0. The average Bonchev–Trinajstić information content (AvgIpc) is 2.65. The van der Waals surface area contributed by atoms with Crippen molar-refractivity contribution in [2.75, 3.05) is 6.54 Å². The average molecular weight is 374 g/mol. The molecule has 0 heterocycles. The first-order valence-corrected chi connectivity index (χ1v) is 9.23. The zero-order chi connectivity index (χ0) is 19.4. The van der Waals surface area contributed by atoms with Crippen LogP contribution in [0.5, 0.6) is 0 Å². The molecule has 4 nitrogen and oxygen atoms in total. The largest absolute Gasteiger partial charge is 0.386 e. The summed E-state index contributed by atoms with van der Waals surface area (Å²) >= 11 is 0. The standard InChI is InChI=1S/C21H24F2N2O2/c1-13(15-7-6-14-4-2-3-5-16(14)10-15)25-21(27)24-12-20(26)18-9-8-17(22)11-19(18)23/h6-11,13,20,26H,2-5,12H2,1H3,(H2,24,25,27). The lowest BCUT2D eigenvalue weighted by molar-refractivity contribution is 0.168. The summed E-state index contributed by atoms with van der Waals surface area (Å²) in [5.74, 6) is -1.56. The molecule has 2 atom stereocenters. The van der Waals surface area contributed by atoms with E-state index >= 15 is 0 Å². The van der Waals surface area contributed by atoms with Gasteiger partial charge in [-0.3, -0.25) is 0 Å². The van der Waals surface area contributed by atoms with Crippen LogP contribution in [-0.2, 0) is 12.8 Å². The molecule has 144 valence electrons. The molecule has 2 aromatic carbocycles. The number of halogens is 2. The van der Waals surface area contributed by atoms with Crippen LogP contribution in [0.2, 0.25) is 0 Å². The number of carbonyl (C=O) groups excluding carboxylic acids is 1. The van der Waals surface area contributed by atoms with Gasteiger partial charge in [-0.05, 0) is 55.4 Å². The van der Waals surface area contributed by atoms with Crippen molar-refractivity contribution in [1.29, 1.82) is 0 Å². The molecule has 1 aliphatic carbocycles. The van der Waals surface area contributed by atoms with Gasteiger partial charge < -0.3 is 15.7 Å². The molecule has 0 saturated carbocycles. The van der Waals surface area contributed by atoms with Crippen LogP contribution in [0.25, 0.3) is 0 Å². The molecule has 2 amide bonds. The lowest BCUT2D eigenvalue weighted by atomic mass is 9.89. The number of hydrogen-bond donors (Lipinski definition) is 3. The molecule has 0 radical (unpaired) electrons. The lowest BCUT2D eigenvalue weighted by Crippen LogP contribution is -2.39. The highest BCUT2D eigenvalue weighted by Gasteiger charge is 2.17. The summed E-state index contributed by atoms with van der Waals surface area (Å²) in [5.41, 5.74) is 3.69. The molecule has 0 saturated heterocycles. The number of fused-ring (bicyclic) bond motifs is 1. The van der Waals surface area contributed by atoms with E-state index in [1.165, 1.54) is 30.0 Å². The summed E-state index contributed by atoms with van der Waals surface area (Å²) in [4.78, 5) is 12.1. The summed E-state index contributed by atoms with van der Waals surface area (Å²) in [6, 6.07) is 8.58. The van der Waals surface area contributed by atoms with E-state index in [0.29, 0.717) is 6.07 Å². The SMILES string of the molecule is CC(NC(=O)NCC(O)c1ccc(F)cc1F)c1ccc2c(c1)CCCC2. The minimum Gasteiger partial charge on any atom is -0.386 e. The van der Waals surface area contributed by atoms with E-state index < -0.39 is 23.8 Å². The van der Waals surface area contributed by atoms with Gasteiger partial charge in [0.2, 0.25) is 0 Å². The second kappa shape index (κ2) is 8.48. The maximum absolute atomic E-state index is 13.7. The monoisotopic (exact) mass is 374 g/mol. The molecule has 6 heteroatoms. The summed E-state index contributed by atoms with van der Waals surface area (Å²) < 4.78 is 26.6. The minimum absolute atomic E-state index is 0.0561. The van der Waals surface area contributed by atoms with Gasteiger partial charge in [-0.1, -0.05) is 24.3 Å². The van der Waals surface area contributed by atoms with Gasteiger partial charge in [-0.2, -0.15) is 0 Å². The Labute approximate surface area is 157 Å². The Balaban J connectivity index is 1.54. The quantitative estimate of drug-likeness (QED) is 0.742. The topological polar surface area (TPSA) is 61.4 Å². The van der Waals surface area contributed by atoms with Crippen molar-refractivity contribution in [2.45, 2.75) is 44.8 Å². The first-order chi connectivity index (χ1) is 12.9. The number of nitrogens with one attached hydrogen (secondary N) is 2. The Morgan fingerprint density at radius 3 is 2.59 bits per heavy atom. The van der Waals surface area contributed by atoms with Crippen LogP contribution in [0.15, 0.2) is 36.4 Å². The van der Waals surface area contributed by atoms with Gasteiger partial charge in [-0.15, -0.1) is 0 Å². The van der Waals surface area contributed by atoms with Crippen LogP contribution < -0.4 is 10.6 Å².